The molecule has 0 saturated heterocycles. The zero-order valence-electron chi connectivity index (χ0n) is 9.51. The maximum absolute atomic E-state index is 6.35. The molecule has 1 aromatic carbocycles. The van der Waals surface area contributed by atoms with Gasteiger partial charge in [0.1, 0.15) is 0 Å². The van der Waals surface area contributed by atoms with E-state index in [0.717, 1.165) is 19.6 Å². The van der Waals surface area contributed by atoms with Crippen LogP contribution in [0.2, 0.25) is 0 Å². The van der Waals surface area contributed by atoms with Crippen molar-refractivity contribution >= 4 is 38.0 Å². The number of benzene rings is 1. The Kier molecular flexibility index (Phi) is 3.16. The second kappa shape index (κ2) is 4.80. The van der Waals surface area contributed by atoms with E-state index in [1.165, 1.54) is 5.39 Å². The molecule has 4 heteroatoms. The maximum Gasteiger partial charge on any atom is 0.0702 e. The van der Waals surface area contributed by atoms with Crippen LogP contribution in [-0.4, -0.2) is 4.98 Å². The number of pyridine rings is 1. The molecule has 0 fully saturated rings. The lowest BCUT2D eigenvalue weighted by molar-refractivity contribution is 0.895. The third-order valence-corrected chi connectivity index (χ3v) is 4.64. The largest absolute Gasteiger partial charge is 0.320 e. The molecule has 0 aliphatic carbocycles. The van der Waals surface area contributed by atoms with Crippen molar-refractivity contribution in [2.75, 3.05) is 0 Å². The minimum absolute atomic E-state index is 0.125. The lowest BCUT2D eigenvalue weighted by atomic mass is 10.0. The van der Waals surface area contributed by atoms with Gasteiger partial charge in [-0.15, -0.1) is 11.3 Å². The summed E-state index contributed by atoms with van der Waals surface area (Å²) in [7, 11) is 0. The van der Waals surface area contributed by atoms with Gasteiger partial charge in [-0.3, -0.25) is 4.98 Å². The first kappa shape index (κ1) is 11.8. The number of aromatic nitrogens is 1. The van der Waals surface area contributed by atoms with E-state index < -0.39 is 0 Å². The molecular weight excluding hydrogens is 308 g/mol. The summed E-state index contributed by atoms with van der Waals surface area (Å²) < 4.78 is 1.10. The van der Waals surface area contributed by atoms with E-state index in [2.05, 4.69) is 39.1 Å². The second-order valence-electron chi connectivity index (χ2n) is 4.07. The summed E-state index contributed by atoms with van der Waals surface area (Å²) in [6.07, 6.45) is 3.73. The van der Waals surface area contributed by atoms with Crippen LogP contribution in [-0.2, 0) is 0 Å². The molecule has 0 spiro atoms. The van der Waals surface area contributed by atoms with Gasteiger partial charge in [0.15, 0.2) is 0 Å². The van der Waals surface area contributed by atoms with Gasteiger partial charge in [0.05, 0.1) is 9.83 Å². The quantitative estimate of drug-likeness (QED) is 0.772. The molecular formula is C14H11BrN2S. The molecule has 1 atom stereocenters. The van der Waals surface area contributed by atoms with Crippen LogP contribution in [0.1, 0.15) is 16.5 Å². The molecule has 3 aromatic rings. The van der Waals surface area contributed by atoms with E-state index >= 15 is 0 Å². The second-order valence-corrected chi connectivity index (χ2v) is 6.56. The number of hydrogen-bond acceptors (Lipinski definition) is 3. The molecule has 2 N–H and O–H groups in total. The first-order chi connectivity index (χ1) is 8.75. The molecule has 0 amide bonds. The number of nitrogens with zero attached hydrogens (tertiary/aromatic N) is 1. The van der Waals surface area contributed by atoms with Crippen molar-refractivity contribution in [2.24, 2.45) is 5.73 Å². The highest BCUT2D eigenvalue weighted by molar-refractivity contribution is 9.11. The average Bonchev–Trinajstić information content (AvgIpc) is 2.84. The summed E-state index contributed by atoms with van der Waals surface area (Å²) in [6, 6.07) is 12.2. The van der Waals surface area contributed by atoms with Gasteiger partial charge in [-0.25, -0.2) is 0 Å². The zero-order chi connectivity index (χ0) is 12.5. The lowest BCUT2D eigenvalue weighted by Crippen LogP contribution is -2.11. The van der Waals surface area contributed by atoms with Crippen LogP contribution in [0.25, 0.3) is 10.8 Å². The third kappa shape index (κ3) is 2.07. The van der Waals surface area contributed by atoms with Crippen molar-refractivity contribution in [3.8, 4) is 0 Å². The topological polar surface area (TPSA) is 38.9 Å². The monoisotopic (exact) mass is 318 g/mol. The lowest BCUT2D eigenvalue weighted by Gasteiger charge is -2.12. The van der Waals surface area contributed by atoms with Crippen LogP contribution in [0.4, 0.5) is 0 Å². The molecule has 2 heterocycles. The van der Waals surface area contributed by atoms with Crippen LogP contribution >= 0.6 is 27.3 Å². The third-order valence-electron chi connectivity index (χ3n) is 2.93. The van der Waals surface area contributed by atoms with Crippen LogP contribution in [0.3, 0.4) is 0 Å². The fourth-order valence-electron chi connectivity index (χ4n) is 2.04. The van der Waals surface area contributed by atoms with E-state index in [1.807, 2.05) is 30.6 Å². The van der Waals surface area contributed by atoms with E-state index in [4.69, 9.17) is 5.73 Å². The van der Waals surface area contributed by atoms with Crippen molar-refractivity contribution in [3.63, 3.8) is 0 Å². The van der Waals surface area contributed by atoms with Gasteiger partial charge < -0.3 is 5.73 Å². The Labute approximate surface area is 118 Å². The van der Waals surface area contributed by atoms with Crippen molar-refractivity contribution < 1.29 is 0 Å². The number of hydrogen-bond donors (Lipinski definition) is 1. The van der Waals surface area contributed by atoms with Crippen molar-refractivity contribution in [2.45, 2.75) is 6.04 Å². The molecule has 0 aliphatic heterocycles. The normalized spacial score (nSPS) is 12.8. The molecule has 1 unspecified atom stereocenters. The van der Waals surface area contributed by atoms with Gasteiger partial charge in [-0.05, 0) is 33.4 Å². The number of halogens is 1. The SMILES string of the molecule is NC(c1ccc(Br)s1)c1cncc2ccccc12. The first-order valence-electron chi connectivity index (χ1n) is 5.59. The number of nitrogens with two attached hydrogens (primary N) is 1. The smallest absolute Gasteiger partial charge is 0.0702 e. The molecule has 18 heavy (non-hydrogen) atoms. The summed E-state index contributed by atoms with van der Waals surface area (Å²) in [6.45, 7) is 0. The Morgan fingerprint density at radius 2 is 1.94 bits per heavy atom. The van der Waals surface area contributed by atoms with Crippen LogP contribution < -0.4 is 5.73 Å². The highest BCUT2D eigenvalue weighted by Gasteiger charge is 2.14. The Balaban J connectivity index is 2.14. The van der Waals surface area contributed by atoms with E-state index in [-0.39, 0.29) is 6.04 Å². The summed E-state index contributed by atoms with van der Waals surface area (Å²) >= 11 is 5.13. The minimum Gasteiger partial charge on any atom is -0.320 e. The Bertz CT molecular complexity index is 688. The van der Waals surface area contributed by atoms with E-state index in [9.17, 15) is 0 Å². The Morgan fingerprint density at radius 1 is 1.11 bits per heavy atom. The van der Waals surface area contributed by atoms with Gasteiger partial charge >= 0.3 is 0 Å². The average molecular weight is 319 g/mol. The highest BCUT2D eigenvalue weighted by Crippen LogP contribution is 2.32. The van der Waals surface area contributed by atoms with Gasteiger partial charge in [0.2, 0.25) is 0 Å². The Morgan fingerprint density at radius 3 is 2.72 bits per heavy atom. The van der Waals surface area contributed by atoms with E-state index in [1.54, 1.807) is 11.3 Å². The van der Waals surface area contributed by atoms with Gasteiger partial charge in [-0.2, -0.15) is 0 Å². The number of thiophene rings is 1. The molecule has 2 aromatic heterocycles. The van der Waals surface area contributed by atoms with E-state index in [0.29, 0.717) is 0 Å². The maximum atomic E-state index is 6.35. The van der Waals surface area contributed by atoms with Crippen molar-refractivity contribution in [1.29, 1.82) is 0 Å². The van der Waals surface area contributed by atoms with Gasteiger partial charge in [-0.1, -0.05) is 24.3 Å². The van der Waals surface area contributed by atoms with Gasteiger partial charge in [0, 0.05) is 28.2 Å². The predicted octanol–water partition coefficient (Wildman–Crippen LogP) is 4.11. The van der Waals surface area contributed by atoms with Crippen LogP contribution in [0.15, 0.2) is 52.6 Å². The van der Waals surface area contributed by atoms with Crippen LogP contribution in [0, 0.1) is 0 Å². The molecule has 0 saturated carbocycles. The predicted molar refractivity (Wildman–Crippen MR) is 79.8 cm³/mol. The molecule has 0 radical (unpaired) electrons. The Hall–Kier alpha value is -1.23. The number of fused-ring (bicyclic) bond motifs is 1. The summed E-state index contributed by atoms with van der Waals surface area (Å²) in [5, 5.41) is 2.30. The molecule has 3 rings (SSSR count). The van der Waals surface area contributed by atoms with Crippen molar-refractivity contribution in [1.82, 2.24) is 4.98 Å². The number of rotatable bonds is 2. The standard InChI is InChI=1S/C14H11BrN2S/c15-13-6-5-12(18-13)14(16)11-8-17-7-9-3-1-2-4-10(9)11/h1-8,14H,16H2. The van der Waals surface area contributed by atoms with Crippen molar-refractivity contribution in [3.05, 3.63) is 63.0 Å². The fraction of sp³-hybridized carbons (Fsp3) is 0.0714. The summed E-state index contributed by atoms with van der Waals surface area (Å²) in [5.74, 6) is 0. The van der Waals surface area contributed by atoms with Gasteiger partial charge in [0.25, 0.3) is 0 Å². The molecule has 2 nitrogen and oxygen atoms in total. The highest BCUT2D eigenvalue weighted by atomic mass is 79.9. The fourth-order valence-corrected chi connectivity index (χ4v) is 3.48. The van der Waals surface area contributed by atoms with Crippen LogP contribution in [0.5, 0.6) is 0 Å². The minimum atomic E-state index is -0.125. The molecule has 0 bridgehead atoms. The summed E-state index contributed by atoms with van der Waals surface area (Å²) in [5.41, 5.74) is 7.42. The molecule has 90 valence electrons. The first-order valence-corrected chi connectivity index (χ1v) is 7.20. The molecule has 0 aliphatic rings. The zero-order valence-corrected chi connectivity index (χ0v) is 11.9. The summed E-state index contributed by atoms with van der Waals surface area (Å²) in [4.78, 5) is 5.42.